The van der Waals surface area contributed by atoms with E-state index in [1.165, 1.54) is 28.7 Å². The maximum absolute atomic E-state index is 13.0. The molecule has 1 aliphatic heterocycles. The second-order valence-electron chi connectivity index (χ2n) is 8.09. The van der Waals surface area contributed by atoms with Crippen LogP contribution in [-0.2, 0) is 11.3 Å². The van der Waals surface area contributed by atoms with Gasteiger partial charge in [0.2, 0.25) is 0 Å². The number of carbonyl (C=O) groups excluding carboxylic acids is 3. The zero-order chi connectivity index (χ0) is 24.0. The minimum absolute atomic E-state index is 0.125. The number of imide groups is 1. The molecule has 0 saturated carbocycles. The molecular formula is C26H19N3O5. The molecule has 0 N–H and O–H groups in total. The van der Waals surface area contributed by atoms with Gasteiger partial charge >= 0.3 is 5.97 Å². The molecule has 4 aromatic rings. The zero-order valence-electron chi connectivity index (χ0n) is 18.4. The number of esters is 1. The van der Waals surface area contributed by atoms with Crippen LogP contribution in [-0.4, -0.2) is 27.2 Å². The van der Waals surface area contributed by atoms with Crippen molar-refractivity contribution < 1.29 is 19.1 Å². The topological polar surface area (TPSA) is 98.0 Å². The monoisotopic (exact) mass is 453 g/mol. The van der Waals surface area contributed by atoms with Crippen molar-refractivity contribution >= 4 is 29.1 Å². The predicted octanol–water partition coefficient (Wildman–Crippen LogP) is 3.47. The van der Waals surface area contributed by atoms with Crippen LogP contribution in [0.2, 0.25) is 0 Å². The second-order valence-corrected chi connectivity index (χ2v) is 8.09. The first kappa shape index (κ1) is 21.3. The lowest BCUT2D eigenvalue weighted by molar-refractivity contribution is 0.0467. The third kappa shape index (κ3) is 3.55. The van der Waals surface area contributed by atoms with Crippen molar-refractivity contribution in [2.45, 2.75) is 20.5 Å². The summed E-state index contributed by atoms with van der Waals surface area (Å²) in [6.45, 7) is 3.48. The van der Waals surface area contributed by atoms with E-state index in [1.54, 1.807) is 24.4 Å². The predicted molar refractivity (Wildman–Crippen MR) is 124 cm³/mol. The molecule has 168 valence electrons. The molecule has 0 unspecified atom stereocenters. The van der Waals surface area contributed by atoms with Crippen molar-refractivity contribution in [3.05, 3.63) is 111 Å². The normalized spacial score (nSPS) is 12.8. The lowest BCUT2D eigenvalue weighted by atomic mass is 10.1. The third-order valence-electron chi connectivity index (χ3n) is 5.69. The second kappa shape index (κ2) is 8.08. The van der Waals surface area contributed by atoms with Gasteiger partial charge in [0.15, 0.2) is 0 Å². The third-order valence-corrected chi connectivity index (χ3v) is 5.69. The van der Waals surface area contributed by atoms with Crippen LogP contribution in [0.3, 0.4) is 0 Å². The summed E-state index contributed by atoms with van der Waals surface area (Å²) in [5.41, 5.74) is 3.16. The van der Waals surface area contributed by atoms with E-state index in [2.05, 4.69) is 4.98 Å². The van der Waals surface area contributed by atoms with Crippen molar-refractivity contribution in [3.8, 4) is 0 Å². The number of aryl methyl sites for hydroxylation is 2. The molecule has 0 bridgehead atoms. The van der Waals surface area contributed by atoms with Gasteiger partial charge in [-0.3, -0.25) is 18.8 Å². The van der Waals surface area contributed by atoms with Gasteiger partial charge in [-0.05, 0) is 55.3 Å². The molecule has 0 radical (unpaired) electrons. The van der Waals surface area contributed by atoms with Gasteiger partial charge in [-0.15, -0.1) is 0 Å². The van der Waals surface area contributed by atoms with Crippen molar-refractivity contribution in [3.63, 3.8) is 0 Å². The first-order valence-electron chi connectivity index (χ1n) is 10.6. The number of fused-ring (bicyclic) bond motifs is 2. The Morgan fingerprint density at radius 1 is 0.912 bits per heavy atom. The fraction of sp³-hybridized carbons (Fsp3) is 0.115. The molecule has 3 heterocycles. The molecule has 0 spiro atoms. The van der Waals surface area contributed by atoms with Crippen LogP contribution in [0.5, 0.6) is 0 Å². The molecule has 2 aromatic carbocycles. The fourth-order valence-electron chi connectivity index (χ4n) is 3.96. The minimum atomic E-state index is -0.691. The van der Waals surface area contributed by atoms with Gasteiger partial charge in [0.1, 0.15) is 12.3 Å². The van der Waals surface area contributed by atoms with E-state index in [1.807, 2.05) is 32.0 Å². The summed E-state index contributed by atoms with van der Waals surface area (Å²) in [6.07, 6.45) is 1.68. The Hall–Kier alpha value is -4.59. The average molecular weight is 453 g/mol. The van der Waals surface area contributed by atoms with E-state index in [4.69, 9.17) is 4.74 Å². The number of nitrogens with zero attached hydrogens (tertiary/aromatic N) is 3. The Morgan fingerprint density at radius 2 is 1.68 bits per heavy atom. The number of pyridine rings is 1. The number of ether oxygens (including phenoxy) is 1. The standard InChI is InChI=1S/C26H19N3O5/c1-15-7-10-22-27-18(12-23(30)28(22)13-15)14-34-26(33)17-8-9-19-20(11-17)25(32)29(24(19)31)21-6-4-3-5-16(21)2/h3-13H,14H2,1-2H3. The molecule has 2 aromatic heterocycles. The summed E-state index contributed by atoms with van der Waals surface area (Å²) >= 11 is 0. The van der Waals surface area contributed by atoms with Crippen LogP contribution in [0, 0.1) is 13.8 Å². The number of para-hydroxylation sites is 1. The van der Waals surface area contributed by atoms with Gasteiger partial charge in [0.25, 0.3) is 17.4 Å². The average Bonchev–Trinajstić information content (AvgIpc) is 3.07. The number of hydrogen-bond donors (Lipinski definition) is 0. The number of aromatic nitrogens is 2. The highest BCUT2D eigenvalue weighted by molar-refractivity contribution is 6.34. The summed E-state index contributed by atoms with van der Waals surface area (Å²) in [6, 6.07) is 16.2. The van der Waals surface area contributed by atoms with E-state index in [-0.39, 0.29) is 28.9 Å². The molecule has 0 aliphatic carbocycles. The van der Waals surface area contributed by atoms with Crippen LogP contribution in [0.25, 0.3) is 5.65 Å². The van der Waals surface area contributed by atoms with E-state index >= 15 is 0 Å². The van der Waals surface area contributed by atoms with Crippen LogP contribution >= 0.6 is 0 Å². The van der Waals surface area contributed by atoms with Gasteiger partial charge in [0.05, 0.1) is 28.1 Å². The van der Waals surface area contributed by atoms with E-state index in [9.17, 15) is 19.2 Å². The number of benzene rings is 2. The summed E-state index contributed by atoms with van der Waals surface area (Å²) in [7, 11) is 0. The van der Waals surface area contributed by atoms with Gasteiger partial charge in [0, 0.05) is 12.3 Å². The summed E-state index contributed by atoms with van der Waals surface area (Å²) in [5.74, 6) is -1.63. The van der Waals surface area contributed by atoms with Crippen LogP contribution in [0.15, 0.2) is 71.7 Å². The lowest BCUT2D eigenvalue weighted by Crippen LogP contribution is -2.29. The highest BCUT2D eigenvalue weighted by Crippen LogP contribution is 2.31. The summed E-state index contributed by atoms with van der Waals surface area (Å²) < 4.78 is 6.76. The first-order valence-corrected chi connectivity index (χ1v) is 10.6. The molecule has 2 amide bonds. The van der Waals surface area contributed by atoms with Gasteiger partial charge in [-0.25, -0.2) is 14.7 Å². The molecule has 34 heavy (non-hydrogen) atoms. The van der Waals surface area contributed by atoms with Crippen molar-refractivity contribution in [2.75, 3.05) is 4.90 Å². The zero-order valence-corrected chi connectivity index (χ0v) is 18.4. The number of rotatable bonds is 4. The van der Waals surface area contributed by atoms with E-state index in [0.29, 0.717) is 17.0 Å². The maximum atomic E-state index is 13.0. The van der Waals surface area contributed by atoms with Crippen molar-refractivity contribution in [2.24, 2.45) is 0 Å². The summed E-state index contributed by atoms with van der Waals surface area (Å²) in [4.78, 5) is 56.3. The minimum Gasteiger partial charge on any atom is -0.456 e. The quantitative estimate of drug-likeness (QED) is 0.347. The van der Waals surface area contributed by atoms with Gasteiger partial charge in [-0.1, -0.05) is 24.3 Å². The van der Waals surface area contributed by atoms with Crippen LogP contribution in [0.4, 0.5) is 5.69 Å². The Morgan fingerprint density at radius 3 is 2.47 bits per heavy atom. The van der Waals surface area contributed by atoms with Crippen LogP contribution in [0.1, 0.15) is 47.9 Å². The molecule has 0 atom stereocenters. The Labute approximate surface area is 194 Å². The number of hydrogen-bond acceptors (Lipinski definition) is 6. The molecule has 1 aliphatic rings. The van der Waals surface area contributed by atoms with Crippen LogP contribution < -0.4 is 10.5 Å². The highest BCUT2D eigenvalue weighted by Gasteiger charge is 2.37. The Bertz CT molecular complexity index is 1570. The molecule has 0 fully saturated rings. The van der Waals surface area contributed by atoms with Crippen molar-refractivity contribution in [1.82, 2.24) is 9.38 Å². The van der Waals surface area contributed by atoms with Crippen molar-refractivity contribution in [1.29, 1.82) is 0 Å². The fourth-order valence-corrected chi connectivity index (χ4v) is 3.96. The number of amides is 2. The lowest BCUT2D eigenvalue weighted by Gasteiger charge is -2.16. The van der Waals surface area contributed by atoms with E-state index in [0.717, 1.165) is 16.0 Å². The van der Waals surface area contributed by atoms with Gasteiger partial charge in [-0.2, -0.15) is 0 Å². The smallest absolute Gasteiger partial charge is 0.338 e. The maximum Gasteiger partial charge on any atom is 0.338 e. The number of carbonyl (C=O) groups is 3. The SMILES string of the molecule is Cc1ccc2nc(COC(=O)c3ccc4c(c3)C(=O)N(c3ccccc3C)C4=O)cc(=O)n2c1. The molecule has 0 saturated heterocycles. The number of anilines is 1. The molecule has 8 heteroatoms. The molecule has 8 nitrogen and oxygen atoms in total. The first-order chi connectivity index (χ1) is 16.3. The molecular weight excluding hydrogens is 434 g/mol. The van der Waals surface area contributed by atoms with E-state index < -0.39 is 17.8 Å². The summed E-state index contributed by atoms with van der Waals surface area (Å²) in [5, 5.41) is 0. The van der Waals surface area contributed by atoms with Gasteiger partial charge < -0.3 is 4.74 Å². The largest absolute Gasteiger partial charge is 0.456 e. The molecule has 5 rings (SSSR count). The highest BCUT2D eigenvalue weighted by atomic mass is 16.5. The Balaban J connectivity index is 1.37. The Kier molecular flexibility index (Phi) is 5.05.